The van der Waals surface area contributed by atoms with Crippen LogP contribution in [0.1, 0.15) is 47.7 Å². The molecule has 4 aromatic rings. The molecule has 3 aromatic carbocycles. The predicted molar refractivity (Wildman–Crippen MR) is 144 cm³/mol. The van der Waals surface area contributed by atoms with E-state index in [0.717, 1.165) is 28.1 Å². The highest BCUT2D eigenvalue weighted by Crippen LogP contribution is 2.34. The number of carbonyl (C=O) groups excluding carboxylic acids is 1. The average Bonchev–Trinajstić information content (AvgIpc) is 3.21. The number of nitrogens with zero attached hydrogens (tertiary/aromatic N) is 4. The van der Waals surface area contributed by atoms with Gasteiger partial charge in [-0.2, -0.15) is 0 Å². The van der Waals surface area contributed by atoms with Crippen LogP contribution in [-0.4, -0.2) is 32.9 Å². The van der Waals surface area contributed by atoms with Gasteiger partial charge in [0.1, 0.15) is 24.2 Å². The number of fused-ring (bicyclic) bond motifs is 3. The maximum absolute atomic E-state index is 12.6. The quantitative estimate of drug-likeness (QED) is 0.344. The Labute approximate surface area is 220 Å². The van der Waals surface area contributed by atoms with E-state index in [1.54, 1.807) is 0 Å². The number of hydrogen-bond donors (Lipinski definition) is 2. The number of hydrogen-bond acceptors (Lipinski definition) is 6. The summed E-state index contributed by atoms with van der Waals surface area (Å²) in [6, 6.07) is 20.4. The summed E-state index contributed by atoms with van der Waals surface area (Å²) in [5.74, 6) is 1.90. The Bertz CT molecular complexity index is 1480. The van der Waals surface area contributed by atoms with Crippen LogP contribution in [0.25, 0.3) is 5.69 Å². The van der Waals surface area contributed by atoms with Crippen LogP contribution in [0.3, 0.4) is 0 Å². The van der Waals surface area contributed by atoms with Crippen molar-refractivity contribution in [3.05, 3.63) is 100 Å². The standard InChI is InChI=1S/C28H27ClN6O2/c1-3-31-26(36)15-24-28-34-33-17(2)35(28)25-12-11-22(37-16-18-5-4-6-21(30)13-18)14-23(25)27(32-24)19-7-9-20(29)10-8-19/h4-14,24H,3,15-16,30H2,1-2H3,(H,31,36). The van der Waals surface area contributed by atoms with E-state index >= 15 is 0 Å². The molecule has 0 saturated heterocycles. The predicted octanol–water partition coefficient (Wildman–Crippen LogP) is 4.81. The van der Waals surface area contributed by atoms with E-state index < -0.39 is 6.04 Å². The number of carbonyl (C=O) groups is 1. The third kappa shape index (κ3) is 5.20. The van der Waals surface area contributed by atoms with Crippen molar-refractivity contribution in [2.75, 3.05) is 12.3 Å². The van der Waals surface area contributed by atoms with E-state index in [4.69, 9.17) is 27.1 Å². The van der Waals surface area contributed by atoms with Crippen molar-refractivity contribution in [1.29, 1.82) is 0 Å². The fraction of sp³-hybridized carbons (Fsp3) is 0.214. The number of aryl methyl sites for hydroxylation is 1. The van der Waals surface area contributed by atoms with Crippen molar-refractivity contribution in [3.63, 3.8) is 0 Å². The molecule has 1 aliphatic rings. The lowest BCUT2D eigenvalue weighted by atomic mass is 10.00. The van der Waals surface area contributed by atoms with E-state index in [1.165, 1.54) is 0 Å². The van der Waals surface area contributed by atoms with Crippen LogP contribution >= 0.6 is 11.6 Å². The number of benzene rings is 3. The first-order valence-electron chi connectivity index (χ1n) is 12.1. The van der Waals surface area contributed by atoms with Gasteiger partial charge in [-0.3, -0.25) is 14.4 Å². The zero-order valence-electron chi connectivity index (χ0n) is 20.6. The lowest BCUT2D eigenvalue weighted by molar-refractivity contribution is -0.121. The molecule has 37 heavy (non-hydrogen) atoms. The van der Waals surface area contributed by atoms with Crippen molar-refractivity contribution >= 4 is 28.9 Å². The minimum atomic E-state index is -0.525. The Kier molecular flexibility index (Phi) is 6.92. The molecule has 9 heteroatoms. The molecule has 188 valence electrons. The lowest BCUT2D eigenvalue weighted by Crippen LogP contribution is -2.25. The Morgan fingerprint density at radius 3 is 2.68 bits per heavy atom. The number of nitrogens with two attached hydrogens (primary N) is 1. The summed E-state index contributed by atoms with van der Waals surface area (Å²) in [5, 5.41) is 12.2. The monoisotopic (exact) mass is 514 g/mol. The molecule has 0 aliphatic carbocycles. The maximum Gasteiger partial charge on any atom is 0.222 e. The first-order chi connectivity index (χ1) is 17.9. The zero-order chi connectivity index (χ0) is 25.9. The topological polar surface area (TPSA) is 107 Å². The van der Waals surface area contributed by atoms with Crippen LogP contribution in [0.4, 0.5) is 5.69 Å². The molecule has 1 atom stereocenters. The highest BCUT2D eigenvalue weighted by Gasteiger charge is 2.30. The highest BCUT2D eigenvalue weighted by atomic mass is 35.5. The van der Waals surface area contributed by atoms with Crippen LogP contribution < -0.4 is 15.8 Å². The normalized spacial score (nSPS) is 14.2. The van der Waals surface area contributed by atoms with Gasteiger partial charge in [0.05, 0.1) is 17.8 Å². The minimum absolute atomic E-state index is 0.101. The molecule has 0 saturated carbocycles. The van der Waals surface area contributed by atoms with Gasteiger partial charge < -0.3 is 15.8 Å². The largest absolute Gasteiger partial charge is 0.489 e. The molecule has 0 fully saturated rings. The Morgan fingerprint density at radius 2 is 1.92 bits per heavy atom. The van der Waals surface area contributed by atoms with E-state index in [9.17, 15) is 4.79 Å². The number of ether oxygens (including phenoxy) is 1. The fourth-order valence-corrected chi connectivity index (χ4v) is 4.56. The number of anilines is 1. The summed E-state index contributed by atoms with van der Waals surface area (Å²) >= 11 is 6.18. The minimum Gasteiger partial charge on any atom is -0.489 e. The molecule has 8 nitrogen and oxygen atoms in total. The Balaban J connectivity index is 1.62. The Hall–Kier alpha value is -4.17. The van der Waals surface area contributed by atoms with Crippen molar-refractivity contribution in [2.45, 2.75) is 32.9 Å². The van der Waals surface area contributed by atoms with Crippen molar-refractivity contribution in [2.24, 2.45) is 4.99 Å². The summed E-state index contributed by atoms with van der Waals surface area (Å²) in [6.07, 6.45) is 0.149. The second-order valence-electron chi connectivity index (χ2n) is 8.81. The van der Waals surface area contributed by atoms with E-state index in [0.29, 0.717) is 41.3 Å². The third-order valence-corrected chi connectivity index (χ3v) is 6.38. The van der Waals surface area contributed by atoms with Crippen LogP contribution in [0.2, 0.25) is 5.02 Å². The number of amides is 1. The van der Waals surface area contributed by atoms with Gasteiger partial charge in [-0.05, 0) is 61.9 Å². The maximum atomic E-state index is 12.6. The molecular weight excluding hydrogens is 488 g/mol. The summed E-state index contributed by atoms with van der Waals surface area (Å²) < 4.78 is 8.11. The molecule has 5 rings (SSSR count). The lowest BCUT2D eigenvalue weighted by Gasteiger charge is -2.15. The molecular formula is C28H27ClN6O2. The second kappa shape index (κ2) is 10.4. The van der Waals surface area contributed by atoms with Crippen LogP contribution in [0, 0.1) is 6.92 Å². The van der Waals surface area contributed by atoms with Crippen molar-refractivity contribution < 1.29 is 9.53 Å². The molecule has 3 N–H and O–H groups in total. The van der Waals surface area contributed by atoms with E-state index in [2.05, 4.69) is 15.5 Å². The highest BCUT2D eigenvalue weighted by molar-refractivity contribution is 6.30. The van der Waals surface area contributed by atoms with Crippen LogP contribution in [0.5, 0.6) is 5.75 Å². The summed E-state index contributed by atoms with van der Waals surface area (Å²) in [5.41, 5.74) is 10.9. The molecule has 1 amide bonds. The average molecular weight is 515 g/mol. The number of halogens is 1. The molecule has 2 heterocycles. The molecule has 1 unspecified atom stereocenters. The van der Waals surface area contributed by atoms with Gasteiger partial charge in [0.25, 0.3) is 0 Å². The number of nitrogen functional groups attached to an aromatic ring is 1. The van der Waals surface area contributed by atoms with Crippen molar-refractivity contribution in [1.82, 2.24) is 20.1 Å². The van der Waals surface area contributed by atoms with Gasteiger partial charge in [0, 0.05) is 28.4 Å². The summed E-state index contributed by atoms with van der Waals surface area (Å²) in [6.45, 7) is 4.69. The molecule has 0 spiro atoms. The smallest absolute Gasteiger partial charge is 0.222 e. The number of aliphatic imine (C=N–C) groups is 1. The number of aromatic nitrogens is 3. The fourth-order valence-electron chi connectivity index (χ4n) is 4.43. The van der Waals surface area contributed by atoms with E-state index in [-0.39, 0.29) is 12.3 Å². The first kappa shape index (κ1) is 24.5. The second-order valence-corrected chi connectivity index (χ2v) is 9.25. The number of nitrogens with one attached hydrogen (secondary N) is 1. The van der Waals surface area contributed by atoms with Crippen LogP contribution in [-0.2, 0) is 11.4 Å². The van der Waals surface area contributed by atoms with Crippen molar-refractivity contribution in [3.8, 4) is 11.4 Å². The summed E-state index contributed by atoms with van der Waals surface area (Å²) in [7, 11) is 0. The van der Waals surface area contributed by atoms with Gasteiger partial charge in [0.15, 0.2) is 5.82 Å². The zero-order valence-corrected chi connectivity index (χ0v) is 21.4. The molecule has 0 radical (unpaired) electrons. The first-order valence-corrected chi connectivity index (χ1v) is 12.4. The van der Waals surface area contributed by atoms with Crippen LogP contribution in [0.15, 0.2) is 71.7 Å². The Morgan fingerprint density at radius 1 is 1.11 bits per heavy atom. The SMILES string of the molecule is CCNC(=O)CC1N=C(c2ccc(Cl)cc2)c2cc(OCc3cccc(N)c3)ccc2-n2c(C)nnc21. The van der Waals surface area contributed by atoms with E-state index in [1.807, 2.05) is 85.1 Å². The molecule has 0 bridgehead atoms. The molecule has 1 aromatic heterocycles. The molecule has 1 aliphatic heterocycles. The van der Waals surface area contributed by atoms with Gasteiger partial charge in [-0.1, -0.05) is 35.9 Å². The van der Waals surface area contributed by atoms with Gasteiger partial charge in [-0.15, -0.1) is 10.2 Å². The third-order valence-electron chi connectivity index (χ3n) is 6.12. The summed E-state index contributed by atoms with van der Waals surface area (Å²) in [4.78, 5) is 17.7. The van der Waals surface area contributed by atoms with Gasteiger partial charge in [0.2, 0.25) is 5.91 Å². The van der Waals surface area contributed by atoms with Gasteiger partial charge >= 0.3 is 0 Å². The van der Waals surface area contributed by atoms with Gasteiger partial charge in [-0.25, -0.2) is 0 Å². The number of rotatable bonds is 7.